The highest BCUT2D eigenvalue weighted by Gasteiger charge is 2.24. The number of hydrogen-bond donors (Lipinski definition) is 1. The smallest absolute Gasteiger partial charge is 0.209 e. The lowest BCUT2D eigenvalue weighted by atomic mass is 10.1. The van der Waals surface area contributed by atoms with E-state index in [1.807, 2.05) is 0 Å². The van der Waals surface area contributed by atoms with Gasteiger partial charge in [-0.05, 0) is 12.8 Å². The van der Waals surface area contributed by atoms with Crippen LogP contribution in [0.5, 0.6) is 0 Å². The predicted octanol–water partition coefficient (Wildman–Crippen LogP) is 0.202. The van der Waals surface area contributed by atoms with Gasteiger partial charge in [-0.1, -0.05) is 0 Å². The Kier molecular flexibility index (Phi) is 4.71. The van der Waals surface area contributed by atoms with Crippen LogP contribution >= 0.6 is 11.5 Å². The van der Waals surface area contributed by atoms with Crippen molar-refractivity contribution >= 4 is 26.7 Å². The van der Waals surface area contributed by atoms with Gasteiger partial charge in [-0.3, -0.25) is 0 Å². The molecule has 1 aliphatic rings. The van der Waals surface area contributed by atoms with E-state index in [-0.39, 0.29) is 6.04 Å². The van der Waals surface area contributed by atoms with Gasteiger partial charge in [0.1, 0.15) is 6.61 Å². The zero-order valence-corrected chi connectivity index (χ0v) is 12.6. The fourth-order valence-electron chi connectivity index (χ4n) is 2.11. The van der Waals surface area contributed by atoms with Crippen LogP contribution in [0.25, 0.3) is 0 Å². The van der Waals surface area contributed by atoms with Crippen LogP contribution in [-0.4, -0.2) is 50.3 Å². The topological polar surface area (TPSA) is 84.4 Å². The lowest BCUT2D eigenvalue weighted by Gasteiger charge is -2.32. The van der Waals surface area contributed by atoms with Crippen LogP contribution in [0.2, 0.25) is 0 Å². The number of nitrogens with zero attached hydrogens (tertiary/aromatic N) is 3. The largest absolute Gasteiger partial charge is 0.377 e. The first-order chi connectivity index (χ1) is 8.98. The number of hydrogen-bond acceptors (Lipinski definition) is 7. The van der Waals surface area contributed by atoms with E-state index < -0.39 is 10.0 Å². The van der Waals surface area contributed by atoms with Gasteiger partial charge in [0.05, 0.1) is 6.26 Å². The van der Waals surface area contributed by atoms with Gasteiger partial charge >= 0.3 is 0 Å². The number of nitrogens with one attached hydrogen (secondary N) is 1. The second kappa shape index (κ2) is 6.12. The summed E-state index contributed by atoms with van der Waals surface area (Å²) in [6.07, 6.45) is 2.98. The molecule has 0 spiro atoms. The molecule has 2 rings (SSSR count). The summed E-state index contributed by atoms with van der Waals surface area (Å²) in [5, 5.41) is 0.826. The van der Waals surface area contributed by atoms with Crippen molar-refractivity contribution in [2.24, 2.45) is 0 Å². The lowest BCUT2D eigenvalue weighted by molar-refractivity contribution is 0.179. The molecule has 1 atom stereocenters. The van der Waals surface area contributed by atoms with Gasteiger partial charge in [0, 0.05) is 37.8 Å². The summed E-state index contributed by atoms with van der Waals surface area (Å²) >= 11 is 1.32. The van der Waals surface area contributed by atoms with Gasteiger partial charge in [0.15, 0.2) is 5.82 Å². The first-order valence-electron chi connectivity index (χ1n) is 6.01. The minimum atomic E-state index is -3.16. The Hall–Kier alpha value is -0.770. The van der Waals surface area contributed by atoms with E-state index in [4.69, 9.17) is 4.74 Å². The molecule has 1 fully saturated rings. The molecule has 1 N–H and O–H groups in total. The van der Waals surface area contributed by atoms with Crippen molar-refractivity contribution in [3.8, 4) is 0 Å². The molecular formula is C10H18N4O3S2. The summed E-state index contributed by atoms with van der Waals surface area (Å²) in [6.45, 7) is 1.91. The number of methoxy groups -OCH3 is 1. The standard InChI is InChI=1S/C10H18N4O3S2/c1-17-7-9-11-10(18-12-9)14-5-3-4-8(6-14)13-19(2,15)16/h8,13H,3-7H2,1-2H3. The highest BCUT2D eigenvalue weighted by atomic mass is 32.2. The van der Waals surface area contributed by atoms with Crippen LogP contribution in [0.15, 0.2) is 0 Å². The molecule has 1 aromatic rings. The van der Waals surface area contributed by atoms with Crippen LogP contribution in [0.4, 0.5) is 5.13 Å². The van der Waals surface area contributed by atoms with E-state index in [1.54, 1.807) is 7.11 Å². The van der Waals surface area contributed by atoms with Crippen molar-refractivity contribution in [2.45, 2.75) is 25.5 Å². The highest BCUT2D eigenvalue weighted by molar-refractivity contribution is 7.88. The average Bonchev–Trinajstić information content (AvgIpc) is 2.76. The molecule has 7 nitrogen and oxygen atoms in total. The molecule has 1 saturated heterocycles. The van der Waals surface area contributed by atoms with Gasteiger partial charge in [0.25, 0.3) is 0 Å². The van der Waals surface area contributed by atoms with Crippen molar-refractivity contribution in [3.63, 3.8) is 0 Å². The van der Waals surface area contributed by atoms with Gasteiger partial charge in [-0.15, -0.1) is 0 Å². The van der Waals surface area contributed by atoms with Crippen LogP contribution < -0.4 is 9.62 Å². The molecule has 1 aromatic heterocycles. The third-order valence-electron chi connectivity index (χ3n) is 2.80. The molecule has 2 heterocycles. The van der Waals surface area contributed by atoms with Crippen molar-refractivity contribution in [1.82, 2.24) is 14.1 Å². The summed E-state index contributed by atoms with van der Waals surface area (Å²) in [6, 6.07) is -0.0569. The Bertz CT molecular complexity index is 517. The second-order valence-electron chi connectivity index (χ2n) is 4.60. The molecule has 0 bridgehead atoms. The van der Waals surface area contributed by atoms with Gasteiger partial charge < -0.3 is 9.64 Å². The molecule has 1 aliphatic heterocycles. The SMILES string of the molecule is COCc1nsc(N2CCCC(NS(C)(=O)=O)C2)n1. The molecule has 1 unspecified atom stereocenters. The van der Waals surface area contributed by atoms with E-state index in [0.717, 1.165) is 24.5 Å². The number of aromatic nitrogens is 2. The van der Waals surface area contributed by atoms with E-state index in [0.29, 0.717) is 19.0 Å². The van der Waals surface area contributed by atoms with Crippen molar-refractivity contribution < 1.29 is 13.2 Å². The van der Waals surface area contributed by atoms with Crippen LogP contribution in [0, 0.1) is 0 Å². The number of anilines is 1. The molecule has 0 aromatic carbocycles. The zero-order chi connectivity index (χ0) is 13.9. The third kappa shape index (κ3) is 4.37. The summed E-state index contributed by atoms with van der Waals surface area (Å²) in [5.41, 5.74) is 0. The zero-order valence-electron chi connectivity index (χ0n) is 11.0. The minimum absolute atomic E-state index is 0.0569. The van der Waals surface area contributed by atoms with Crippen LogP contribution in [0.1, 0.15) is 18.7 Å². The number of ether oxygens (including phenoxy) is 1. The molecule has 9 heteroatoms. The molecule has 19 heavy (non-hydrogen) atoms. The van der Waals surface area contributed by atoms with Crippen LogP contribution in [-0.2, 0) is 21.4 Å². The first kappa shape index (κ1) is 14.6. The minimum Gasteiger partial charge on any atom is -0.377 e. The monoisotopic (exact) mass is 306 g/mol. The predicted molar refractivity (Wildman–Crippen MR) is 73.8 cm³/mol. The third-order valence-corrected chi connectivity index (χ3v) is 4.38. The Morgan fingerprint density at radius 3 is 3.05 bits per heavy atom. The number of rotatable bonds is 5. The summed E-state index contributed by atoms with van der Waals surface area (Å²) in [5.74, 6) is 0.667. The maximum Gasteiger partial charge on any atom is 0.209 e. The van der Waals surface area contributed by atoms with Crippen LogP contribution in [0.3, 0.4) is 0 Å². The molecular weight excluding hydrogens is 288 g/mol. The van der Waals surface area contributed by atoms with E-state index in [9.17, 15) is 8.42 Å². The van der Waals surface area contributed by atoms with Gasteiger partial charge in [0.2, 0.25) is 15.2 Å². The molecule has 0 saturated carbocycles. The van der Waals surface area contributed by atoms with Crippen molar-refractivity contribution in [1.29, 1.82) is 0 Å². The number of sulfonamides is 1. The fraction of sp³-hybridized carbons (Fsp3) is 0.800. The van der Waals surface area contributed by atoms with Crippen molar-refractivity contribution in [2.75, 3.05) is 31.4 Å². The Morgan fingerprint density at radius 1 is 1.58 bits per heavy atom. The molecule has 0 radical (unpaired) electrons. The second-order valence-corrected chi connectivity index (χ2v) is 7.11. The normalized spacial score (nSPS) is 20.7. The van der Waals surface area contributed by atoms with E-state index in [2.05, 4.69) is 19.0 Å². The van der Waals surface area contributed by atoms with Gasteiger partial charge in [-0.25, -0.2) is 18.1 Å². The molecule has 108 valence electrons. The van der Waals surface area contributed by atoms with Crippen molar-refractivity contribution in [3.05, 3.63) is 5.82 Å². The Morgan fingerprint density at radius 2 is 2.37 bits per heavy atom. The number of piperidine rings is 1. The fourth-order valence-corrected chi connectivity index (χ4v) is 3.62. The van der Waals surface area contributed by atoms with E-state index >= 15 is 0 Å². The lowest BCUT2D eigenvalue weighted by Crippen LogP contribution is -2.47. The molecule has 0 amide bonds. The Labute approximate surface area is 117 Å². The Balaban J connectivity index is 2.00. The molecule has 0 aliphatic carbocycles. The van der Waals surface area contributed by atoms with Gasteiger partial charge in [-0.2, -0.15) is 4.37 Å². The maximum absolute atomic E-state index is 11.3. The summed E-state index contributed by atoms with van der Waals surface area (Å²) < 4.78 is 34.4. The first-order valence-corrected chi connectivity index (χ1v) is 8.68. The van der Waals surface area contributed by atoms with E-state index in [1.165, 1.54) is 17.8 Å². The average molecular weight is 306 g/mol. The summed E-state index contributed by atoms with van der Waals surface area (Å²) in [4.78, 5) is 6.46. The summed E-state index contributed by atoms with van der Waals surface area (Å²) in [7, 11) is -1.56. The maximum atomic E-state index is 11.3. The highest BCUT2D eigenvalue weighted by Crippen LogP contribution is 2.22. The quantitative estimate of drug-likeness (QED) is 0.837.